The summed E-state index contributed by atoms with van der Waals surface area (Å²) in [5.74, 6) is 0. The van der Waals surface area contributed by atoms with Gasteiger partial charge in [0, 0.05) is 24.8 Å². The molecule has 20 heavy (non-hydrogen) atoms. The normalized spacial score (nSPS) is 22.4. The first-order valence-electron chi connectivity index (χ1n) is 7.35. The van der Waals surface area contributed by atoms with Crippen molar-refractivity contribution in [3.05, 3.63) is 23.0 Å². The Morgan fingerprint density at radius 3 is 2.50 bits per heavy atom. The summed E-state index contributed by atoms with van der Waals surface area (Å²) < 4.78 is 0. The second kappa shape index (κ2) is 6.23. The molecule has 1 fully saturated rings. The Labute approximate surface area is 121 Å². The van der Waals surface area contributed by atoms with E-state index in [-0.39, 0.29) is 0 Å². The third-order valence-corrected chi connectivity index (χ3v) is 4.45. The lowest BCUT2D eigenvalue weighted by Gasteiger charge is -2.36. The second-order valence-corrected chi connectivity index (χ2v) is 5.76. The molecule has 4 heteroatoms. The van der Waals surface area contributed by atoms with Crippen molar-refractivity contribution < 1.29 is 0 Å². The lowest BCUT2D eigenvalue weighted by Crippen LogP contribution is -2.40. The number of nitrogens with one attached hydrogen (secondary N) is 1. The molecule has 0 amide bonds. The lowest BCUT2D eigenvalue weighted by atomic mass is 9.90. The number of pyridine rings is 1. The Bertz CT molecular complexity index is 510. The van der Waals surface area contributed by atoms with Crippen LogP contribution >= 0.6 is 0 Å². The summed E-state index contributed by atoms with van der Waals surface area (Å²) in [6, 6.07) is 5.52. The van der Waals surface area contributed by atoms with Crippen LogP contribution in [0.3, 0.4) is 0 Å². The second-order valence-electron chi connectivity index (χ2n) is 5.76. The number of rotatable bonds is 3. The van der Waals surface area contributed by atoms with Gasteiger partial charge in [0.25, 0.3) is 0 Å². The van der Waals surface area contributed by atoms with Gasteiger partial charge in [-0.2, -0.15) is 5.26 Å². The van der Waals surface area contributed by atoms with Gasteiger partial charge >= 0.3 is 0 Å². The van der Waals surface area contributed by atoms with E-state index < -0.39 is 0 Å². The molecular formula is C16H24N4. The predicted molar refractivity (Wildman–Crippen MR) is 81.9 cm³/mol. The first-order valence-corrected chi connectivity index (χ1v) is 7.35. The van der Waals surface area contributed by atoms with Crippen LogP contribution in [0.15, 0.2) is 6.07 Å². The average molecular weight is 272 g/mol. The molecule has 0 spiro atoms. The van der Waals surface area contributed by atoms with Crippen molar-refractivity contribution in [2.24, 2.45) is 0 Å². The molecule has 1 aromatic rings. The molecule has 0 radical (unpaired) electrons. The summed E-state index contributed by atoms with van der Waals surface area (Å²) in [5, 5.41) is 12.8. The quantitative estimate of drug-likeness (QED) is 0.918. The van der Waals surface area contributed by atoms with Crippen molar-refractivity contribution in [1.29, 1.82) is 5.26 Å². The van der Waals surface area contributed by atoms with Gasteiger partial charge in [-0.1, -0.05) is 0 Å². The molecule has 1 aliphatic carbocycles. The van der Waals surface area contributed by atoms with Crippen molar-refractivity contribution in [2.75, 3.05) is 19.0 Å². The molecule has 0 aromatic carbocycles. The fourth-order valence-electron chi connectivity index (χ4n) is 3.17. The molecule has 0 unspecified atom stereocenters. The molecule has 2 rings (SSSR count). The van der Waals surface area contributed by atoms with E-state index in [1.165, 1.54) is 25.7 Å². The Hall–Kier alpha value is -1.60. The van der Waals surface area contributed by atoms with Gasteiger partial charge in [0.1, 0.15) is 6.07 Å². The van der Waals surface area contributed by atoms with Gasteiger partial charge in [-0.15, -0.1) is 0 Å². The van der Waals surface area contributed by atoms with Gasteiger partial charge in [0.05, 0.1) is 16.9 Å². The van der Waals surface area contributed by atoms with Crippen LogP contribution in [0.5, 0.6) is 0 Å². The van der Waals surface area contributed by atoms with Crippen LogP contribution < -0.4 is 10.2 Å². The fourth-order valence-corrected chi connectivity index (χ4v) is 3.17. The molecule has 0 atom stereocenters. The van der Waals surface area contributed by atoms with Crippen LogP contribution in [0.25, 0.3) is 0 Å². The fraction of sp³-hybridized carbons (Fsp3) is 0.625. The maximum absolute atomic E-state index is 9.39. The number of hydrogen-bond donors (Lipinski definition) is 1. The summed E-state index contributed by atoms with van der Waals surface area (Å²) in [6.45, 7) is 3.91. The van der Waals surface area contributed by atoms with Crippen LogP contribution in [0.2, 0.25) is 0 Å². The van der Waals surface area contributed by atoms with Crippen molar-refractivity contribution >= 4 is 5.69 Å². The van der Waals surface area contributed by atoms with Gasteiger partial charge in [-0.05, 0) is 52.6 Å². The smallest absolute Gasteiger partial charge is 0.103 e. The topological polar surface area (TPSA) is 52.0 Å². The standard InChI is InChI=1S/C16H24N4/c1-11-9-16(15(10-17)12(2)19-11)20(4)14-7-5-13(18-3)6-8-14/h9,13-14,18H,5-8H2,1-4H3. The van der Waals surface area contributed by atoms with E-state index in [0.29, 0.717) is 17.6 Å². The highest BCUT2D eigenvalue weighted by Crippen LogP contribution is 2.29. The molecule has 4 nitrogen and oxygen atoms in total. The van der Waals surface area contributed by atoms with Gasteiger partial charge in [0.15, 0.2) is 0 Å². The van der Waals surface area contributed by atoms with Gasteiger partial charge in [-0.25, -0.2) is 0 Å². The Balaban J connectivity index is 2.22. The van der Waals surface area contributed by atoms with Gasteiger partial charge < -0.3 is 10.2 Å². The minimum atomic E-state index is 0.521. The molecule has 1 N–H and O–H groups in total. The highest BCUT2D eigenvalue weighted by molar-refractivity contribution is 5.61. The number of aromatic nitrogens is 1. The largest absolute Gasteiger partial charge is 0.370 e. The number of aryl methyl sites for hydroxylation is 2. The minimum Gasteiger partial charge on any atom is -0.370 e. The minimum absolute atomic E-state index is 0.521. The SMILES string of the molecule is CNC1CCC(N(C)c2cc(C)nc(C)c2C#N)CC1. The molecular weight excluding hydrogens is 248 g/mol. The van der Waals surface area contributed by atoms with E-state index in [0.717, 1.165) is 17.1 Å². The predicted octanol–water partition coefficient (Wildman–Crippen LogP) is 2.54. The number of nitriles is 1. The van der Waals surface area contributed by atoms with E-state index in [2.05, 4.69) is 28.3 Å². The van der Waals surface area contributed by atoms with Crippen LogP contribution in [0.4, 0.5) is 5.69 Å². The Morgan fingerprint density at radius 2 is 1.95 bits per heavy atom. The zero-order chi connectivity index (χ0) is 14.7. The Morgan fingerprint density at radius 1 is 1.30 bits per heavy atom. The molecule has 1 saturated carbocycles. The zero-order valence-electron chi connectivity index (χ0n) is 12.9. The molecule has 0 bridgehead atoms. The van der Waals surface area contributed by atoms with Crippen LogP contribution in [-0.2, 0) is 0 Å². The van der Waals surface area contributed by atoms with E-state index >= 15 is 0 Å². The summed E-state index contributed by atoms with van der Waals surface area (Å²) in [4.78, 5) is 6.68. The highest BCUT2D eigenvalue weighted by atomic mass is 15.1. The number of nitrogens with zero attached hydrogens (tertiary/aromatic N) is 3. The number of anilines is 1. The molecule has 0 saturated heterocycles. The third kappa shape index (κ3) is 2.94. The average Bonchev–Trinajstić information content (AvgIpc) is 2.46. The van der Waals surface area contributed by atoms with E-state index in [1.807, 2.05) is 27.0 Å². The summed E-state index contributed by atoms with van der Waals surface area (Å²) in [5.41, 5.74) is 3.56. The molecule has 108 valence electrons. The highest BCUT2D eigenvalue weighted by Gasteiger charge is 2.25. The van der Waals surface area contributed by atoms with Crippen LogP contribution in [0.1, 0.15) is 42.6 Å². The molecule has 1 aromatic heterocycles. The van der Waals surface area contributed by atoms with Crippen molar-refractivity contribution in [1.82, 2.24) is 10.3 Å². The summed E-state index contributed by atoms with van der Waals surface area (Å²) in [7, 11) is 4.15. The Kier molecular flexibility index (Phi) is 4.61. The van der Waals surface area contributed by atoms with Gasteiger partial charge in [-0.3, -0.25) is 4.98 Å². The first-order chi connectivity index (χ1) is 9.56. The van der Waals surface area contributed by atoms with Crippen molar-refractivity contribution in [2.45, 2.75) is 51.6 Å². The lowest BCUT2D eigenvalue weighted by molar-refractivity contribution is 0.351. The zero-order valence-corrected chi connectivity index (χ0v) is 12.9. The van der Waals surface area contributed by atoms with Crippen molar-refractivity contribution in [3.8, 4) is 6.07 Å². The molecule has 1 heterocycles. The maximum Gasteiger partial charge on any atom is 0.103 e. The summed E-state index contributed by atoms with van der Waals surface area (Å²) >= 11 is 0. The van der Waals surface area contributed by atoms with E-state index in [4.69, 9.17) is 0 Å². The van der Waals surface area contributed by atoms with E-state index in [1.54, 1.807) is 0 Å². The maximum atomic E-state index is 9.39. The summed E-state index contributed by atoms with van der Waals surface area (Å²) in [6.07, 6.45) is 4.76. The van der Waals surface area contributed by atoms with E-state index in [9.17, 15) is 5.26 Å². The molecule has 1 aliphatic rings. The van der Waals surface area contributed by atoms with Crippen molar-refractivity contribution in [3.63, 3.8) is 0 Å². The van der Waals surface area contributed by atoms with Gasteiger partial charge in [0.2, 0.25) is 0 Å². The molecule has 0 aliphatic heterocycles. The van der Waals surface area contributed by atoms with Crippen LogP contribution in [-0.4, -0.2) is 31.2 Å². The first kappa shape index (κ1) is 14.8. The number of hydrogen-bond acceptors (Lipinski definition) is 4. The monoisotopic (exact) mass is 272 g/mol. The van der Waals surface area contributed by atoms with Crippen LogP contribution in [0, 0.1) is 25.2 Å². The third-order valence-electron chi connectivity index (χ3n) is 4.45.